The molecule has 2 rings (SSSR count). The van der Waals surface area contributed by atoms with Crippen molar-refractivity contribution >= 4 is 5.69 Å². The van der Waals surface area contributed by atoms with Crippen LogP contribution in [0.5, 0.6) is 23.0 Å². The summed E-state index contributed by atoms with van der Waals surface area (Å²) in [6.07, 6.45) is 0.935. The van der Waals surface area contributed by atoms with Gasteiger partial charge in [-0.3, -0.25) is 10.1 Å². The van der Waals surface area contributed by atoms with Crippen molar-refractivity contribution in [2.45, 2.75) is 6.42 Å². The molecule has 0 aromatic heterocycles. The SMILES string of the molecule is CN(C)CCCOc1ccc([N+](=O)[O-])cc1.COc1cccc(OC)c1OC. The normalized spacial score (nSPS) is 9.93. The van der Waals surface area contributed by atoms with E-state index in [1.807, 2.05) is 32.3 Å². The van der Waals surface area contributed by atoms with Gasteiger partial charge in [0.25, 0.3) is 5.69 Å². The number of ether oxygens (including phenoxy) is 4. The molecule has 0 aliphatic carbocycles. The highest BCUT2D eigenvalue weighted by Crippen LogP contribution is 2.35. The van der Waals surface area contributed by atoms with Crippen LogP contribution in [0.1, 0.15) is 6.42 Å². The molecule has 0 aliphatic heterocycles. The Hall–Kier alpha value is -3.00. The van der Waals surface area contributed by atoms with E-state index < -0.39 is 4.92 Å². The molecule has 0 unspecified atom stereocenters. The monoisotopic (exact) mass is 392 g/mol. The number of nitrogens with zero attached hydrogens (tertiary/aromatic N) is 2. The van der Waals surface area contributed by atoms with Crippen molar-refractivity contribution in [3.63, 3.8) is 0 Å². The number of rotatable bonds is 9. The topological polar surface area (TPSA) is 83.3 Å². The van der Waals surface area contributed by atoms with Crippen LogP contribution in [0.2, 0.25) is 0 Å². The Morgan fingerprint density at radius 2 is 1.50 bits per heavy atom. The molecule has 0 atom stereocenters. The lowest BCUT2D eigenvalue weighted by Gasteiger charge is -2.10. The molecule has 0 aliphatic rings. The first kappa shape index (κ1) is 23.0. The highest BCUT2D eigenvalue weighted by atomic mass is 16.6. The molecule has 0 spiro atoms. The van der Waals surface area contributed by atoms with E-state index in [1.54, 1.807) is 33.5 Å². The molecule has 154 valence electrons. The molecule has 0 heterocycles. The van der Waals surface area contributed by atoms with E-state index in [9.17, 15) is 10.1 Å². The van der Waals surface area contributed by atoms with Gasteiger partial charge in [-0.2, -0.15) is 0 Å². The molecule has 28 heavy (non-hydrogen) atoms. The standard InChI is InChI=1S/C11H16N2O3.C9H12O3/c1-12(2)8-3-9-16-11-6-4-10(5-7-11)13(14)15;1-10-7-5-4-6-8(11-2)9(7)12-3/h4-7H,3,8-9H2,1-2H3;4-6H,1-3H3. The Kier molecular flexibility index (Phi) is 10.2. The van der Waals surface area contributed by atoms with Crippen LogP contribution in [0.15, 0.2) is 42.5 Å². The average molecular weight is 392 g/mol. The summed E-state index contributed by atoms with van der Waals surface area (Å²) in [7, 11) is 8.78. The van der Waals surface area contributed by atoms with Gasteiger partial charge in [0.1, 0.15) is 5.75 Å². The van der Waals surface area contributed by atoms with E-state index in [2.05, 4.69) is 4.90 Å². The number of methoxy groups -OCH3 is 3. The van der Waals surface area contributed by atoms with Gasteiger partial charge < -0.3 is 23.8 Å². The first-order valence-corrected chi connectivity index (χ1v) is 8.69. The predicted octanol–water partition coefficient (Wildman–Crippen LogP) is 3.64. The van der Waals surface area contributed by atoms with Crippen LogP contribution in [0.25, 0.3) is 0 Å². The predicted molar refractivity (Wildman–Crippen MR) is 108 cm³/mol. The van der Waals surface area contributed by atoms with Crippen molar-refractivity contribution in [2.75, 3.05) is 48.6 Å². The summed E-state index contributed by atoms with van der Waals surface area (Å²) in [5.41, 5.74) is 0.0839. The van der Waals surface area contributed by atoms with E-state index in [0.717, 1.165) is 13.0 Å². The van der Waals surface area contributed by atoms with E-state index in [0.29, 0.717) is 29.6 Å². The molecule has 0 amide bonds. The Morgan fingerprint density at radius 1 is 0.929 bits per heavy atom. The van der Waals surface area contributed by atoms with Crippen LogP contribution in [-0.2, 0) is 0 Å². The Labute approximate surface area is 165 Å². The Bertz CT molecular complexity index is 697. The number of hydrogen-bond donors (Lipinski definition) is 0. The lowest BCUT2D eigenvalue weighted by molar-refractivity contribution is -0.384. The van der Waals surface area contributed by atoms with E-state index >= 15 is 0 Å². The molecule has 0 bridgehead atoms. The fourth-order valence-corrected chi connectivity index (χ4v) is 2.25. The summed E-state index contributed by atoms with van der Waals surface area (Å²) in [6, 6.07) is 11.6. The summed E-state index contributed by atoms with van der Waals surface area (Å²) < 4.78 is 20.7. The minimum atomic E-state index is -0.421. The zero-order valence-electron chi connectivity index (χ0n) is 17.0. The van der Waals surface area contributed by atoms with Gasteiger partial charge >= 0.3 is 0 Å². The van der Waals surface area contributed by atoms with Crippen molar-refractivity contribution in [1.29, 1.82) is 0 Å². The number of benzene rings is 2. The molecular weight excluding hydrogens is 364 g/mol. The van der Waals surface area contributed by atoms with Gasteiger partial charge in [-0.25, -0.2) is 0 Å². The second kappa shape index (κ2) is 12.4. The van der Waals surface area contributed by atoms with Gasteiger partial charge in [0, 0.05) is 18.7 Å². The van der Waals surface area contributed by atoms with Crippen LogP contribution in [-0.4, -0.2) is 58.4 Å². The zero-order chi connectivity index (χ0) is 20.9. The minimum absolute atomic E-state index is 0.0839. The molecule has 0 radical (unpaired) electrons. The summed E-state index contributed by atoms with van der Waals surface area (Å²) in [5, 5.41) is 10.4. The molecular formula is C20H28N2O6. The van der Waals surface area contributed by atoms with Crippen molar-refractivity contribution in [2.24, 2.45) is 0 Å². The maximum atomic E-state index is 10.4. The summed E-state index contributed by atoms with van der Waals surface area (Å²) >= 11 is 0. The number of hydrogen-bond acceptors (Lipinski definition) is 7. The van der Waals surface area contributed by atoms with Crippen molar-refractivity contribution in [1.82, 2.24) is 4.90 Å². The fourth-order valence-electron chi connectivity index (χ4n) is 2.25. The third kappa shape index (κ3) is 7.71. The Balaban J connectivity index is 0.000000292. The number of non-ortho nitro benzene ring substituents is 1. The van der Waals surface area contributed by atoms with Gasteiger partial charge in [-0.05, 0) is 44.8 Å². The van der Waals surface area contributed by atoms with Gasteiger partial charge in [0.2, 0.25) is 5.75 Å². The maximum Gasteiger partial charge on any atom is 0.269 e. The molecule has 2 aromatic rings. The van der Waals surface area contributed by atoms with Gasteiger partial charge in [0.15, 0.2) is 11.5 Å². The van der Waals surface area contributed by atoms with Gasteiger partial charge in [0.05, 0.1) is 32.9 Å². The summed E-state index contributed by atoms with van der Waals surface area (Å²) in [4.78, 5) is 12.1. The lowest BCUT2D eigenvalue weighted by atomic mass is 10.3. The third-order valence-electron chi connectivity index (χ3n) is 3.65. The van der Waals surface area contributed by atoms with E-state index in [4.69, 9.17) is 18.9 Å². The molecule has 0 saturated heterocycles. The summed E-state index contributed by atoms with van der Waals surface area (Å²) in [6.45, 7) is 1.59. The zero-order valence-corrected chi connectivity index (χ0v) is 17.0. The molecule has 0 saturated carbocycles. The molecule has 0 fully saturated rings. The summed E-state index contributed by atoms with van der Waals surface area (Å²) in [5.74, 6) is 2.65. The maximum absolute atomic E-state index is 10.4. The molecule has 0 N–H and O–H groups in total. The molecule has 2 aromatic carbocycles. The van der Waals surface area contributed by atoms with Gasteiger partial charge in [-0.1, -0.05) is 6.07 Å². The first-order chi connectivity index (χ1) is 13.4. The highest BCUT2D eigenvalue weighted by molar-refractivity contribution is 5.50. The lowest BCUT2D eigenvalue weighted by Crippen LogP contribution is -2.15. The fraction of sp³-hybridized carbons (Fsp3) is 0.400. The van der Waals surface area contributed by atoms with Gasteiger partial charge in [-0.15, -0.1) is 0 Å². The van der Waals surface area contributed by atoms with Crippen LogP contribution in [0, 0.1) is 10.1 Å². The quantitative estimate of drug-likeness (QED) is 0.366. The van der Waals surface area contributed by atoms with Crippen LogP contribution in [0.4, 0.5) is 5.69 Å². The van der Waals surface area contributed by atoms with Crippen LogP contribution < -0.4 is 18.9 Å². The van der Waals surface area contributed by atoms with Crippen molar-refractivity contribution in [3.05, 3.63) is 52.6 Å². The largest absolute Gasteiger partial charge is 0.494 e. The Morgan fingerprint density at radius 3 is 1.93 bits per heavy atom. The first-order valence-electron chi connectivity index (χ1n) is 8.69. The molecule has 8 heteroatoms. The number of nitro benzene ring substituents is 1. The van der Waals surface area contributed by atoms with Crippen LogP contribution >= 0.6 is 0 Å². The van der Waals surface area contributed by atoms with E-state index in [-0.39, 0.29) is 5.69 Å². The average Bonchev–Trinajstić information content (AvgIpc) is 2.71. The van der Waals surface area contributed by atoms with Crippen LogP contribution in [0.3, 0.4) is 0 Å². The van der Waals surface area contributed by atoms with Crippen molar-refractivity contribution < 1.29 is 23.9 Å². The number of nitro groups is 1. The smallest absolute Gasteiger partial charge is 0.269 e. The minimum Gasteiger partial charge on any atom is -0.494 e. The van der Waals surface area contributed by atoms with Crippen molar-refractivity contribution in [3.8, 4) is 23.0 Å². The second-order valence-corrected chi connectivity index (χ2v) is 5.95. The second-order valence-electron chi connectivity index (χ2n) is 5.95. The molecule has 8 nitrogen and oxygen atoms in total. The number of para-hydroxylation sites is 1. The highest BCUT2D eigenvalue weighted by Gasteiger charge is 2.08. The van der Waals surface area contributed by atoms with E-state index in [1.165, 1.54) is 12.1 Å². The third-order valence-corrected chi connectivity index (χ3v) is 3.65.